The number of rotatable bonds is 4. The van der Waals surface area contributed by atoms with E-state index in [2.05, 4.69) is 15.0 Å². The highest BCUT2D eigenvalue weighted by molar-refractivity contribution is 5.95. The number of aromatic nitrogens is 3. The number of carbonyl (C=O) groups is 1. The summed E-state index contributed by atoms with van der Waals surface area (Å²) in [5.41, 5.74) is 0.168. The van der Waals surface area contributed by atoms with E-state index in [-0.39, 0.29) is 11.7 Å². The van der Waals surface area contributed by atoms with Crippen LogP contribution in [0.4, 0.5) is 13.2 Å². The molecule has 168 valence electrons. The van der Waals surface area contributed by atoms with E-state index < -0.39 is 11.7 Å². The van der Waals surface area contributed by atoms with E-state index in [1.54, 1.807) is 6.92 Å². The summed E-state index contributed by atoms with van der Waals surface area (Å²) >= 11 is 0. The van der Waals surface area contributed by atoms with Gasteiger partial charge in [-0.2, -0.15) is 18.3 Å². The number of hydrogen-bond acceptors (Lipinski definition) is 5. The van der Waals surface area contributed by atoms with Crippen LogP contribution in [0.2, 0.25) is 0 Å². The number of hydrogen-bond donors (Lipinski definition) is 0. The van der Waals surface area contributed by atoms with Crippen molar-refractivity contribution in [2.24, 2.45) is 0 Å². The average Bonchev–Trinajstić information content (AvgIpc) is 3.32. The summed E-state index contributed by atoms with van der Waals surface area (Å²) in [7, 11) is 0. The first-order valence-electron chi connectivity index (χ1n) is 10.5. The van der Waals surface area contributed by atoms with E-state index in [4.69, 9.17) is 4.74 Å². The smallest absolute Gasteiger partial charge is 0.377 e. The number of carbonyl (C=O) groups excluding carboxylic acids is 1. The van der Waals surface area contributed by atoms with Crippen LogP contribution < -0.4 is 0 Å². The third-order valence-electron chi connectivity index (χ3n) is 5.89. The standard InChI is InChI=1S/C21H26F3N5O2/c1-15-18(13-26-29(15)19-6-5-16(12-25-19)21(22,23)24)20(30)28-8-3-7-27(9-10-28)14-17-4-2-11-31-17/h5-6,12-13,17H,2-4,7-11,14H2,1H3/t17-/m0/s1. The van der Waals surface area contributed by atoms with Gasteiger partial charge in [0, 0.05) is 39.0 Å². The van der Waals surface area contributed by atoms with Crippen LogP contribution in [-0.2, 0) is 10.9 Å². The fourth-order valence-electron chi connectivity index (χ4n) is 4.13. The van der Waals surface area contributed by atoms with Crippen molar-refractivity contribution in [1.82, 2.24) is 24.6 Å². The van der Waals surface area contributed by atoms with E-state index in [0.717, 1.165) is 57.8 Å². The van der Waals surface area contributed by atoms with Gasteiger partial charge in [-0.25, -0.2) is 9.67 Å². The van der Waals surface area contributed by atoms with Gasteiger partial charge in [0.05, 0.1) is 29.1 Å². The molecule has 0 aliphatic carbocycles. The second-order valence-corrected chi connectivity index (χ2v) is 8.04. The summed E-state index contributed by atoms with van der Waals surface area (Å²) < 4.78 is 45.4. The Bertz CT molecular complexity index is 907. The van der Waals surface area contributed by atoms with Gasteiger partial charge in [0.1, 0.15) is 0 Å². The summed E-state index contributed by atoms with van der Waals surface area (Å²) in [6, 6.07) is 2.22. The van der Waals surface area contributed by atoms with Crippen LogP contribution in [0.25, 0.3) is 5.82 Å². The molecule has 31 heavy (non-hydrogen) atoms. The lowest BCUT2D eigenvalue weighted by atomic mass is 10.2. The van der Waals surface area contributed by atoms with Gasteiger partial charge < -0.3 is 9.64 Å². The number of ether oxygens (including phenoxy) is 1. The molecule has 4 heterocycles. The Morgan fingerprint density at radius 3 is 2.68 bits per heavy atom. The summed E-state index contributed by atoms with van der Waals surface area (Å²) in [4.78, 5) is 21.2. The zero-order valence-electron chi connectivity index (χ0n) is 17.4. The third kappa shape index (κ3) is 4.90. The maximum absolute atomic E-state index is 13.1. The van der Waals surface area contributed by atoms with Crippen molar-refractivity contribution in [2.45, 2.75) is 38.5 Å². The van der Waals surface area contributed by atoms with Crippen molar-refractivity contribution in [2.75, 3.05) is 39.3 Å². The molecule has 0 saturated carbocycles. The van der Waals surface area contributed by atoms with Crippen molar-refractivity contribution >= 4 is 5.91 Å². The quantitative estimate of drug-likeness (QED) is 0.736. The molecule has 0 spiro atoms. The van der Waals surface area contributed by atoms with E-state index in [1.165, 1.54) is 16.9 Å². The Labute approximate surface area is 178 Å². The van der Waals surface area contributed by atoms with Gasteiger partial charge in [0.15, 0.2) is 5.82 Å². The Hall–Kier alpha value is -2.46. The van der Waals surface area contributed by atoms with Gasteiger partial charge in [-0.3, -0.25) is 9.69 Å². The van der Waals surface area contributed by atoms with Crippen LogP contribution in [0.15, 0.2) is 24.5 Å². The van der Waals surface area contributed by atoms with E-state index in [9.17, 15) is 18.0 Å². The summed E-state index contributed by atoms with van der Waals surface area (Å²) in [6.45, 7) is 6.45. The molecule has 2 aliphatic heterocycles. The third-order valence-corrected chi connectivity index (χ3v) is 5.89. The lowest BCUT2D eigenvalue weighted by Gasteiger charge is -2.24. The molecule has 10 heteroatoms. The molecule has 0 N–H and O–H groups in total. The predicted octanol–water partition coefficient (Wildman–Crippen LogP) is 2.92. The molecule has 7 nitrogen and oxygen atoms in total. The van der Waals surface area contributed by atoms with Crippen molar-refractivity contribution in [1.29, 1.82) is 0 Å². The minimum atomic E-state index is -4.45. The molecule has 0 bridgehead atoms. The van der Waals surface area contributed by atoms with Gasteiger partial charge in [0.25, 0.3) is 5.91 Å². The van der Waals surface area contributed by atoms with Crippen molar-refractivity contribution in [3.63, 3.8) is 0 Å². The van der Waals surface area contributed by atoms with Gasteiger partial charge in [-0.05, 0) is 44.9 Å². The fraction of sp³-hybridized carbons (Fsp3) is 0.571. The van der Waals surface area contributed by atoms with Crippen molar-refractivity contribution < 1.29 is 22.7 Å². The molecule has 1 atom stereocenters. The molecule has 2 aromatic heterocycles. The molecule has 0 radical (unpaired) electrons. The van der Waals surface area contributed by atoms with Crippen molar-refractivity contribution in [3.8, 4) is 5.82 Å². The maximum Gasteiger partial charge on any atom is 0.417 e. The van der Waals surface area contributed by atoms with Gasteiger partial charge in [-0.1, -0.05) is 0 Å². The number of nitrogens with zero attached hydrogens (tertiary/aromatic N) is 5. The van der Waals surface area contributed by atoms with Crippen LogP contribution >= 0.6 is 0 Å². The molecule has 4 rings (SSSR count). The molecule has 2 aromatic rings. The lowest BCUT2D eigenvalue weighted by molar-refractivity contribution is -0.137. The van der Waals surface area contributed by atoms with Crippen molar-refractivity contribution in [3.05, 3.63) is 41.3 Å². The zero-order chi connectivity index (χ0) is 22.0. The van der Waals surface area contributed by atoms with Crippen LogP contribution in [0, 0.1) is 6.92 Å². The first kappa shape index (κ1) is 21.8. The van der Waals surface area contributed by atoms with Crippen LogP contribution in [0.3, 0.4) is 0 Å². The maximum atomic E-state index is 13.1. The molecule has 2 fully saturated rings. The topological polar surface area (TPSA) is 63.5 Å². The van der Waals surface area contributed by atoms with Gasteiger partial charge in [-0.15, -0.1) is 0 Å². The summed E-state index contributed by atoms with van der Waals surface area (Å²) in [6.07, 6.45) is 1.17. The minimum Gasteiger partial charge on any atom is -0.377 e. The van der Waals surface area contributed by atoms with Crippen LogP contribution in [0.5, 0.6) is 0 Å². The van der Waals surface area contributed by atoms with Crippen LogP contribution in [-0.4, -0.2) is 75.9 Å². The summed E-state index contributed by atoms with van der Waals surface area (Å²) in [5, 5.41) is 4.20. The Morgan fingerprint density at radius 1 is 1.16 bits per heavy atom. The molecular weight excluding hydrogens is 411 g/mol. The number of amides is 1. The molecule has 1 amide bonds. The normalized spacial score (nSPS) is 20.8. The highest BCUT2D eigenvalue weighted by atomic mass is 19.4. The predicted molar refractivity (Wildman–Crippen MR) is 107 cm³/mol. The Morgan fingerprint density at radius 2 is 2.00 bits per heavy atom. The lowest BCUT2D eigenvalue weighted by Crippen LogP contribution is -2.37. The average molecular weight is 437 g/mol. The van der Waals surface area contributed by atoms with Crippen LogP contribution in [0.1, 0.15) is 40.9 Å². The number of halogens is 3. The first-order chi connectivity index (χ1) is 14.8. The van der Waals surface area contributed by atoms with Gasteiger partial charge >= 0.3 is 6.18 Å². The Kier molecular flexibility index (Phi) is 6.29. The van der Waals surface area contributed by atoms with E-state index >= 15 is 0 Å². The molecule has 2 saturated heterocycles. The largest absolute Gasteiger partial charge is 0.417 e. The highest BCUT2D eigenvalue weighted by Crippen LogP contribution is 2.29. The number of alkyl halides is 3. The molecular formula is C21H26F3N5O2. The molecule has 0 aromatic carbocycles. The monoisotopic (exact) mass is 437 g/mol. The molecule has 0 unspecified atom stereocenters. The first-order valence-corrected chi connectivity index (χ1v) is 10.5. The zero-order valence-corrected chi connectivity index (χ0v) is 17.4. The fourth-order valence-corrected chi connectivity index (χ4v) is 4.13. The van der Waals surface area contributed by atoms with Gasteiger partial charge in [0.2, 0.25) is 0 Å². The molecule has 2 aliphatic rings. The van der Waals surface area contributed by atoms with E-state index in [0.29, 0.717) is 30.5 Å². The number of pyridine rings is 1. The summed E-state index contributed by atoms with van der Waals surface area (Å²) in [5.74, 6) is 0.123. The second-order valence-electron chi connectivity index (χ2n) is 8.04. The Balaban J connectivity index is 1.43. The minimum absolute atomic E-state index is 0.116. The SMILES string of the molecule is Cc1c(C(=O)N2CCCN(C[C@@H]3CCCO3)CC2)cnn1-c1ccc(C(F)(F)F)cn1. The highest BCUT2D eigenvalue weighted by Gasteiger charge is 2.31. The van der Waals surface area contributed by atoms with E-state index in [1.807, 2.05) is 4.90 Å². The second kappa shape index (κ2) is 8.96.